The first kappa shape index (κ1) is 13.1. The summed E-state index contributed by atoms with van der Waals surface area (Å²) in [5, 5.41) is 14.0. The van der Waals surface area contributed by atoms with Crippen molar-refractivity contribution in [1.29, 1.82) is 0 Å². The Kier molecular flexibility index (Phi) is 3.81. The van der Waals surface area contributed by atoms with Crippen molar-refractivity contribution in [3.05, 3.63) is 12.3 Å². The Balaban J connectivity index is 2.87. The standard InChI is InChI=1S/C7H10N4O5S/c8-5(12)3-4(7(13)14)11-17(15,16)6-1-2-9-10-6/h1-2,4,11H,3H2,(H2,8,12)(H,9,10)(H,13,14). The molecule has 0 bridgehead atoms. The van der Waals surface area contributed by atoms with E-state index >= 15 is 0 Å². The van der Waals surface area contributed by atoms with Gasteiger partial charge in [-0.25, -0.2) is 8.42 Å². The zero-order chi connectivity index (χ0) is 13.1. The van der Waals surface area contributed by atoms with E-state index in [0.29, 0.717) is 0 Å². The van der Waals surface area contributed by atoms with Gasteiger partial charge in [-0.1, -0.05) is 0 Å². The van der Waals surface area contributed by atoms with Crippen LogP contribution in [0.1, 0.15) is 6.42 Å². The molecule has 1 atom stereocenters. The van der Waals surface area contributed by atoms with Crippen molar-refractivity contribution in [2.45, 2.75) is 17.5 Å². The second kappa shape index (κ2) is 4.93. The number of nitrogens with one attached hydrogen (secondary N) is 2. The quantitative estimate of drug-likeness (QED) is 0.465. The van der Waals surface area contributed by atoms with Crippen LogP contribution in [-0.2, 0) is 19.6 Å². The summed E-state index contributed by atoms with van der Waals surface area (Å²) in [6.07, 6.45) is 0.557. The first-order valence-electron chi connectivity index (χ1n) is 4.36. The van der Waals surface area contributed by atoms with Crippen LogP contribution in [0, 0.1) is 0 Å². The Morgan fingerprint density at radius 1 is 1.59 bits per heavy atom. The number of H-pyrrole nitrogens is 1. The summed E-state index contributed by atoms with van der Waals surface area (Å²) in [6, 6.07) is -0.466. The molecule has 1 unspecified atom stereocenters. The predicted molar refractivity (Wildman–Crippen MR) is 54.1 cm³/mol. The van der Waals surface area contributed by atoms with Gasteiger partial charge in [0.1, 0.15) is 6.04 Å². The van der Waals surface area contributed by atoms with Gasteiger partial charge in [-0.05, 0) is 6.07 Å². The Morgan fingerprint density at radius 2 is 2.24 bits per heavy atom. The maximum atomic E-state index is 11.6. The van der Waals surface area contributed by atoms with Crippen LogP contribution in [0.3, 0.4) is 0 Å². The number of primary amides is 1. The molecule has 9 nitrogen and oxygen atoms in total. The van der Waals surface area contributed by atoms with Gasteiger partial charge in [-0.2, -0.15) is 9.82 Å². The van der Waals surface area contributed by atoms with Gasteiger partial charge in [-0.15, -0.1) is 0 Å². The summed E-state index contributed by atoms with van der Waals surface area (Å²) in [6.45, 7) is 0. The van der Waals surface area contributed by atoms with Gasteiger partial charge < -0.3 is 10.8 Å². The molecular weight excluding hydrogens is 252 g/mol. The van der Waals surface area contributed by atoms with Gasteiger partial charge in [0.2, 0.25) is 5.91 Å². The first-order valence-corrected chi connectivity index (χ1v) is 5.84. The number of carboxylic acid groups (broad SMARTS) is 1. The first-order chi connectivity index (χ1) is 7.83. The zero-order valence-electron chi connectivity index (χ0n) is 8.45. The Bertz CT molecular complexity index is 508. The van der Waals surface area contributed by atoms with E-state index in [1.165, 1.54) is 6.20 Å². The van der Waals surface area contributed by atoms with Crippen molar-refractivity contribution in [2.24, 2.45) is 5.73 Å². The van der Waals surface area contributed by atoms with Crippen LogP contribution in [0.4, 0.5) is 0 Å². The lowest BCUT2D eigenvalue weighted by Crippen LogP contribution is -2.43. The van der Waals surface area contributed by atoms with Crippen molar-refractivity contribution in [3.63, 3.8) is 0 Å². The van der Waals surface area contributed by atoms with Crippen LogP contribution in [0.2, 0.25) is 0 Å². The normalized spacial score (nSPS) is 13.2. The number of rotatable bonds is 6. The highest BCUT2D eigenvalue weighted by Gasteiger charge is 2.27. The molecule has 10 heteroatoms. The van der Waals surface area contributed by atoms with Gasteiger partial charge in [0.05, 0.1) is 12.6 Å². The van der Waals surface area contributed by atoms with Gasteiger partial charge in [-0.3, -0.25) is 14.7 Å². The molecule has 0 radical (unpaired) electrons. The maximum Gasteiger partial charge on any atom is 0.322 e. The molecule has 1 aromatic rings. The van der Waals surface area contributed by atoms with E-state index in [1.54, 1.807) is 0 Å². The highest BCUT2D eigenvalue weighted by atomic mass is 32.2. The number of aliphatic carboxylic acids is 1. The lowest BCUT2D eigenvalue weighted by atomic mass is 10.2. The minimum Gasteiger partial charge on any atom is -0.480 e. The largest absolute Gasteiger partial charge is 0.480 e. The number of nitrogens with two attached hydrogens (primary N) is 1. The molecule has 1 amide bonds. The molecule has 1 heterocycles. The fourth-order valence-electron chi connectivity index (χ4n) is 1.02. The van der Waals surface area contributed by atoms with Crippen molar-refractivity contribution in [1.82, 2.24) is 14.9 Å². The Labute approximate surface area is 96.1 Å². The lowest BCUT2D eigenvalue weighted by molar-refractivity contribution is -0.140. The van der Waals surface area contributed by atoms with E-state index in [-0.39, 0.29) is 5.03 Å². The van der Waals surface area contributed by atoms with E-state index in [2.05, 4.69) is 10.2 Å². The molecule has 0 fully saturated rings. The fraction of sp³-hybridized carbons (Fsp3) is 0.286. The number of sulfonamides is 1. The average molecular weight is 262 g/mol. The molecule has 0 aliphatic carbocycles. The number of carbonyl (C=O) groups is 2. The number of aromatic nitrogens is 2. The smallest absolute Gasteiger partial charge is 0.322 e. The molecule has 0 saturated heterocycles. The van der Waals surface area contributed by atoms with E-state index in [0.717, 1.165) is 6.07 Å². The van der Waals surface area contributed by atoms with Crippen molar-refractivity contribution in [2.75, 3.05) is 0 Å². The molecule has 17 heavy (non-hydrogen) atoms. The van der Waals surface area contributed by atoms with Gasteiger partial charge in [0, 0.05) is 0 Å². The van der Waals surface area contributed by atoms with Crippen LogP contribution >= 0.6 is 0 Å². The Morgan fingerprint density at radius 3 is 2.65 bits per heavy atom. The molecule has 0 aromatic carbocycles. The predicted octanol–water partition coefficient (Wildman–Crippen LogP) is -1.98. The van der Waals surface area contributed by atoms with Crippen molar-refractivity contribution < 1.29 is 23.1 Å². The summed E-state index contributed by atoms with van der Waals surface area (Å²) in [5.41, 5.74) is 4.81. The highest BCUT2D eigenvalue weighted by molar-refractivity contribution is 7.89. The van der Waals surface area contributed by atoms with Gasteiger partial charge >= 0.3 is 5.97 Å². The van der Waals surface area contributed by atoms with Gasteiger partial charge in [0.25, 0.3) is 10.0 Å². The molecule has 1 rings (SSSR count). The monoisotopic (exact) mass is 262 g/mol. The van der Waals surface area contributed by atoms with Crippen LogP contribution in [0.25, 0.3) is 0 Å². The maximum absolute atomic E-state index is 11.6. The minimum atomic E-state index is -4.06. The lowest BCUT2D eigenvalue weighted by Gasteiger charge is -2.11. The zero-order valence-corrected chi connectivity index (χ0v) is 9.27. The topological polar surface area (TPSA) is 155 Å². The van der Waals surface area contributed by atoms with Crippen LogP contribution < -0.4 is 10.5 Å². The molecular formula is C7H10N4O5S. The number of hydrogen-bond acceptors (Lipinski definition) is 5. The summed E-state index contributed by atoms with van der Waals surface area (Å²) in [5.74, 6) is -2.42. The summed E-state index contributed by atoms with van der Waals surface area (Å²) in [7, 11) is -4.06. The summed E-state index contributed by atoms with van der Waals surface area (Å²) >= 11 is 0. The second-order valence-electron chi connectivity index (χ2n) is 3.10. The third-order valence-corrected chi connectivity index (χ3v) is 3.17. The Hall–Kier alpha value is -1.94. The fourth-order valence-corrected chi connectivity index (χ4v) is 2.12. The molecule has 0 saturated carbocycles. The van der Waals surface area contributed by atoms with Crippen molar-refractivity contribution in [3.8, 4) is 0 Å². The van der Waals surface area contributed by atoms with Crippen LogP contribution in [0.5, 0.6) is 0 Å². The van der Waals surface area contributed by atoms with E-state index in [4.69, 9.17) is 10.8 Å². The van der Waals surface area contributed by atoms with Crippen molar-refractivity contribution >= 4 is 21.9 Å². The van der Waals surface area contributed by atoms with E-state index in [9.17, 15) is 18.0 Å². The second-order valence-corrected chi connectivity index (χ2v) is 4.79. The highest BCUT2D eigenvalue weighted by Crippen LogP contribution is 2.05. The number of aromatic amines is 1. The third kappa shape index (κ3) is 3.53. The number of hydrogen-bond donors (Lipinski definition) is 4. The van der Waals surface area contributed by atoms with Gasteiger partial charge in [0.15, 0.2) is 5.03 Å². The number of carbonyl (C=O) groups excluding carboxylic acids is 1. The molecule has 94 valence electrons. The summed E-state index contributed by atoms with van der Waals surface area (Å²) in [4.78, 5) is 21.3. The number of nitrogens with zero attached hydrogens (tertiary/aromatic N) is 1. The number of amides is 1. The minimum absolute atomic E-state index is 0.298. The van der Waals surface area contributed by atoms with Crippen LogP contribution in [-0.4, -0.2) is 41.6 Å². The van der Waals surface area contributed by atoms with E-state index < -0.39 is 34.4 Å². The molecule has 0 aliphatic heterocycles. The molecule has 0 aliphatic rings. The average Bonchev–Trinajstić information content (AvgIpc) is 2.68. The number of carboxylic acids is 1. The SMILES string of the molecule is NC(=O)CC(NS(=O)(=O)c1ccn[nH]1)C(=O)O. The molecule has 0 spiro atoms. The summed E-state index contributed by atoms with van der Waals surface area (Å²) < 4.78 is 25.0. The van der Waals surface area contributed by atoms with Crippen LogP contribution in [0.15, 0.2) is 17.3 Å². The molecule has 1 aromatic heterocycles. The molecule has 5 N–H and O–H groups in total. The third-order valence-electron chi connectivity index (χ3n) is 1.77. The van der Waals surface area contributed by atoms with E-state index in [1.807, 2.05) is 4.72 Å².